The summed E-state index contributed by atoms with van der Waals surface area (Å²) in [6, 6.07) is 7.58. The Labute approximate surface area is 66.0 Å². The van der Waals surface area contributed by atoms with Crippen molar-refractivity contribution in [3.8, 4) is 0 Å². The van der Waals surface area contributed by atoms with Crippen LogP contribution in [0.2, 0.25) is 0 Å². The topological polar surface area (TPSA) is 0 Å². The molecule has 0 spiro atoms. The lowest BCUT2D eigenvalue weighted by atomic mass is 10.2. The predicted octanol–water partition coefficient (Wildman–Crippen LogP) is 3.13. The van der Waals surface area contributed by atoms with E-state index in [1.807, 2.05) is 0 Å². The van der Waals surface area contributed by atoms with Gasteiger partial charge in [-0.15, -0.1) is 0 Å². The van der Waals surface area contributed by atoms with Crippen LogP contribution in [0.25, 0.3) is 0 Å². The molecule has 0 amide bonds. The largest absolute Gasteiger partial charge is 0.326 e. The van der Waals surface area contributed by atoms with Crippen molar-refractivity contribution in [3.05, 3.63) is 35.9 Å². The molecule has 54 valence electrons. The summed E-state index contributed by atoms with van der Waals surface area (Å²) >= 11 is 2.25. The van der Waals surface area contributed by atoms with Crippen LogP contribution in [0, 0.1) is 0 Å². The average molecular weight is 207 g/mol. The summed E-state index contributed by atoms with van der Waals surface area (Å²) in [5.74, 6) is 0. The minimum Gasteiger partial charge on any atom is -0.188 e. The summed E-state index contributed by atoms with van der Waals surface area (Å²) in [4.78, 5) is -2.89. The molecule has 10 heavy (non-hydrogen) atoms. The van der Waals surface area contributed by atoms with Crippen molar-refractivity contribution in [2.75, 3.05) is 0 Å². The Kier molecular flexibility index (Phi) is 2.04. The lowest BCUT2D eigenvalue weighted by molar-refractivity contribution is 0.114. The predicted molar refractivity (Wildman–Crippen MR) is 39.3 cm³/mol. The molecular weight excluding hydrogens is 202 g/mol. The highest BCUT2D eigenvalue weighted by Crippen LogP contribution is 2.33. The molecule has 1 aromatic carbocycles. The maximum absolute atomic E-state index is 12.4. The molecule has 0 nitrogen and oxygen atoms in total. The smallest absolute Gasteiger partial charge is 0.188 e. The molecule has 0 fully saturated rings. The van der Waals surface area contributed by atoms with Crippen LogP contribution >= 0.6 is 15.9 Å². The zero-order valence-corrected chi connectivity index (χ0v) is 6.61. The summed E-state index contributed by atoms with van der Waals surface area (Å²) in [6.45, 7) is 0. The summed E-state index contributed by atoms with van der Waals surface area (Å²) in [5.41, 5.74) is -0.0185. The van der Waals surface area contributed by atoms with Crippen molar-refractivity contribution >= 4 is 15.9 Å². The van der Waals surface area contributed by atoms with Crippen LogP contribution in [0.3, 0.4) is 0 Å². The SMILES string of the molecule is FC(F)(Br)c1ccccc1. The molecule has 0 heterocycles. The molecule has 0 aromatic heterocycles. The van der Waals surface area contributed by atoms with Crippen molar-refractivity contribution in [1.82, 2.24) is 0 Å². The maximum atomic E-state index is 12.4. The Morgan fingerprint density at radius 3 is 1.90 bits per heavy atom. The number of hydrogen-bond acceptors (Lipinski definition) is 0. The third-order valence-electron chi connectivity index (χ3n) is 1.10. The van der Waals surface area contributed by atoms with Crippen molar-refractivity contribution in [3.63, 3.8) is 0 Å². The van der Waals surface area contributed by atoms with E-state index in [4.69, 9.17) is 0 Å². The molecule has 0 atom stereocenters. The van der Waals surface area contributed by atoms with E-state index in [0.29, 0.717) is 0 Å². The number of halogens is 3. The number of alkyl halides is 3. The van der Waals surface area contributed by atoms with Gasteiger partial charge in [0, 0.05) is 5.56 Å². The lowest BCUT2D eigenvalue weighted by Gasteiger charge is -2.06. The first kappa shape index (κ1) is 7.66. The Morgan fingerprint density at radius 2 is 1.60 bits per heavy atom. The van der Waals surface area contributed by atoms with Gasteiger partial charge in [0.05, 0.1) is 0 Å². The average Bonchev–Trinajstić information content (AvgIpc) is 1.88. The summed E-state index contributed by atoms with van der Waals surface area (Å²) in [5, 5.41) is 0. The van der Waals surface area contributed by atoms with E-state index < -0.39 is 4.83 Å². The van der Waals surface area contributed by atoms with E-state index >= 15 is 0 Å². The normalized spacial score (nSPS) is 11.5. The molecule has 0 aliphatic rings. The third-order valence-corrected chi connectivity index (χ3v) is 1.56. The third kappa shape index (κ3) is 1.77. The molecule has 0 unspecified atom stereocenters. The van der Waals surface area contributed by atoms with Gasteiger partial charge in [-0.25, -0.2) is 0 Å². The van der Waals surface area contributed by atoms with E-state index in [-0.39, 0.29) is 5.56 Å². The first-order valence-corrected chi connectivity index (χ1v) is 3.52. The number of hydrogen-bond donors (Lipinski definition) is 0. The second-order valence-corrected chi connectivity index (χ2v) is 2.86. The van der Waals surface area contributed by atoms with E-state index in [1.165, 1.54) is 12.1 Å². The van der Waals surface area contributed by atoms with Gasteiger partial charge in [-0.05, 0) is 15.9 Å². The van der Waals surface area contributed by atoms with Crippen LogP contribution in [0.1, 0.15) is 5.56 Å². The van der Waals surface area contributed by atoms with Gasteiger partial charge in [-0.2, -0.15) is 8.78 Å². The monoisotopic (exact) mass is 206 g/mol. The van der Waals surface area contributed by atoms with Crippen LogP contribution in [0.4, 0.5) is 8.78 Å². The Balaban J connectivity index is 2.97. The minimum atomic E-state index is -2.89. The second-order valence-electron chi connectivity index (χ2n) is 1.86. The Morgan fingerprint density at radius 1 is 1.10 bits per heavy atom. The highest BCUT2D eigenvalue weighted by molar-refractivity contribution is 9.09. The highest BCUT2D eigenvalue weighted by Gasteiger charge is 2.25. The molecule has 1 rings (SSSR count). The van der Waals surface area contributed by atoms with Crippen LogP contribution < -0.4 is 0 Å². The van der Waals surface area contributed by atoms with Crippen LogP contribution in [0.5, 0.6) is 0 Å². The molecule has 3 heteroatoms. The molecule has 0 N–H and O–H groups in total. The Hall–Kier alpha value is -0.440. The van der Waals surface area contributed by atoms with E-state index in [0.717, 1.165) is 0 Å². The van der Waals surface area contributed by atoms with Crippen LogP contribution in [-0.2, 0) is 4.83 Å². The van der Waals surface area contributed by atoms with E-state index in [9.17, 15) is 8.78 Å². The van der Waals surface area contributed by atoms with Gasteiger partial charge in [0.25, 0.3) is 0 Å². The molecule has 1 aromatic rings. The number of rotatable bonds is 1. The number of benzene rings is 1. The molecule has 0 bridgehead atoms. The zero-order chi connectivity index (χ0) is 7.61. The minimum absolute atomic E-state index is 0.0185. The van der Waals surface area contributed by atoms with Gasteiger partial charge in [-0.3, -0.25) is 0 Å². The molecule has 0 radical (unpaired) electrons. The standard InChI is InChI=1S/C7H5BrF2/c8-7(9,10)6-4-2-1-3-5-6/h1-5H. The fourth-order valence-corrected chi connectivity index (χ4v) is 0.891. The van der Waals surface area contributed by atoms with Crippen LogP contribution in [0.15, 0.2) is 30.3 Å². The zero-order valence-electron chi connectivity index (χ0n) is 5.02. The van der Waals surface area contributed by atoms with Crippen molar-refractivity contribution in [1.29, 1.82) is 0 Å². The molecule has 0 saturated carbocycles. The highest BCUT2D eigenvalue weighted by atomic mass is 79.9. The van der Waals surface area contributed by atoms with Crippen LogP contribution in [-0.4, -0.2) is 0 Å². The van der Waals surface area contributed by atoms with Gasteiger partial charge in [0.2, 0.25) is 0 Å². The molecular formula is C7H5BrF2. The summed E-state index contributed by atoms with van der Waals surface area (Å²) in [7, 11) is 0. The van der Waals surface area contributed by atoms with E-state index in [2.05, 4.69) is 15.9 Å². The maximum Gasteiger partial charge on any atom is 0.326 e. The fourth-order valence-electron chi connectivity index (χ4n) is 0.627. The van der Waals surface area contributed by atoms with Crippen molar-refractivity contribution in [2.24, 2.45) is 0 Å². The Bertz CT molecular complexity index is 203. The lowest BCUT2D eigenvalue weighted by Crippen LogP contribution is -2.00. The van der Waals surface area contributed by atoms with Gasteiger partial charge in [0.1, 0.15) is 0 Å². The van der Waals surface area contributed by atoms with Gasteiger partial charge in [-0.1, -0.05) is 30.3 Å². The molecule has 0 saturated heterocycles. The van der Waals surface area contributed by atoms with Gasteiger partial charge >= 0.3 is 4.83 Å². The first-order chi connectivity index (χ1) is 4.61. The fraction of sp³-hybridized carbons (Fsp3) is 0.143. The van der Waals surface area contributed by atoms with Gasteiger partial charge < -0.3 is 0 Å². The first-order valence-electron chi connectivity index (χ1n) is 2.73. The second kappa shape index (κ2) is 2.66. The summed E-state index contributed by atoms with van der Waals surface area (Å²) < 4.78 is 24.7. The molecule has 0 aliphatic carbocycles. The van der Waals surface area contributed by atoms with Crippen molar-refractivity contribution < 1.29 is 8.78 Å². The molecule has 0 aliphatic heterocycles. The van der Waals surface area contributed by atoms with Gasteiger partial charge in [0.15, 0.2) is 0 Å². The quantitative estimate of drug-likeness (QED) is 0.620. The van der Waals surface area contributed by atoms with E-state index in [1.54, 1.807) is 18.2 Å². The van der Waals surface area contributed by atoms with Crippen molar-refractivity contribution in [2.45, 2.75) is 4.83 Å². The summed E-state index contributed by atoms with van der Waals surface area (Å²) in [6.07, 6.45) is 0.